The van der Waals surface area contributed by atoms with Gasteiger partial charge in [-0.15, -0.1) is 11.3 Å². The second-order valence-electron chi connectivity index (χ2n) is 5.93. The highest BCUT2D eigenvalue weighted by atomic mass is 32.1. The zero-order valence-electron chi connectivity index (χ0n) is 13.4. The number of likely N-dealkylation sites (tertiary alicyclic amines) is 1. The van der Waals surface area contributed by atoms with Crippen molar-refractivity contribution in [3.05, 3.63) is 15.6 Å². The minimum Gasteiger partial charge on any atom is -0.355 e. The first kappa shape index (κ1) is 18.2. The van der Waals surface area contributed by atoms with Crippen LogP contribution < -0.4 is 5.32 Å². The van der Waals surface area contributed by atoms with E-state index in [4.69, 9.17) is 0 Å². The van der Waals surface area contributed by atoms with Gasteiger partial charge >= 0.3 is 6.18 Å². The van der Waals surface area contributed by atoms with E-state index < -0.39 is 12.1 Å². The number of piperidine rings is 1. The summed E-state index contributed by atoms with van der Waals surface area (Å²) in [6.07, 6.45) is -3.22. The van der Waals surface area contributed by atoms with Crippen molar-refractivity contribution in [2.24, 2.45) is 5.92 Å². The van der Waals surface area contributed by atoms with Crippen LogP contribution in [-0.4, -0.2) is 48.1 Å². The highest BCUT2D eigenvalue weighted by Crippen LogP contribution is 2.33. The molecule has 130 valence electrons. The Morgan fingerprint density at radius 1 is 1.35 bits per heavy atom. The lowest BCUT2D eigenvalue weighted by Crippen LogP contribution is -2.44. The van der Waals surface area contributed by atoms with Crippen molar-refractivity contribution in [2.45, 2.75) is 39.3 Å². The van der Waals surface area contributed by atoms with Crippen LogP contribution in [0.3, 0.4) is 0 Å². The monoisotopic (exact) mass is 349 g/mol. The van der Waals surface area contributed by atoms with Gasteiger partial charge in [0, 0.05) is 17.8 Å². The lowest BCUT2D eigenvalue weighted by Gasteiger charge is -2.32. The third-order valence-corrected chi connectivity index (χ3v) is 5.22. The van der Waals surface area contributed by atoms with Crippen LogP contribution >= 0.6 is 11.3 Å². The summed E-state index contributed by atoms with van der Waals surface area (Å²) in [7, 11) is 0. The van der Waals surface area contributed by atoms with E-state index in [2.05, 4.69) is 10.3 Å². The molecule has 0 spiro atoms. The zero-order valence-corrected chi connectivity index (χ0v) is 14.2. The van der Waals surface area contributed by atoms with Gasteiger partial charge in [-0.3, -0.25) is 9.69 Å². The van der Waals surface area contributed by atoms with Crippen molar-refractivity contribution < 1.29 is 18.0 Å². The highest BCUT2D eigenvalue weighted by molar-refractivity contribution is 7.11. The number of alkyl halides is 3. The molecule has 23 heavy (non-hydrogen) atoms. The molecule has 2 rings (SSSR count). The first-order chi connectivity index (χ1) is 10.8. The number of thiazole rings is 1. The molecule has 0 aliphatic carbocycles. The number of aromatic nitrogens is 1. The predicted molar refractivity (Wildman–Crippen MR) is 83.5 cm³/mol. The van der Waals surface area contributed by atoms with Crippen LogP contribution in [-0.2, 0) is 11.2 Å². The molecule has 2 heterocycles. The number of nitrogens with one attached hydrogen (secondary N) is 1. The second-order valence-corrected chi connectivity index (χ2v) is 7.22. The molecule has 0 aromatic carbocycles. The Balaban J connectivity index is 1.67. The number of halogens is 3. The third-order valence-electron chi connectivity index (χ3n) is 4.09. The van der Waals surface area contributed by atoms with Crippen molar-refractivity contribution in [3.8, 4) is 0 Å². The highest BCUT2D eigenvalue weighted by Gasteiger charge is 2.41. The van der Waals surface area contributed by atoms with E-state index in [1.807, 2.05) is 13.8 Å². The summed E-state index contributed by atoms with van der Waals surface area (Å²) >= 11 is 1.62. The van der Waals surface area contributed by atoms with E-state index in [1.54, 1.807) is 16.2 Å². The fourth-order valence-corrected chi connectivity index (χ4v) is 3.73. The molecule has 8 heteroatoms. The molecule has 1 aliphatic rings. The topological polar surface area (TPSA) is 45.2 Å². The summed E-state index contributed by atoms with van der Waals surface area (Å²) in [5, 5.41) is 3.84. The predicted octanol–water partition coefficient (Wildman–Crippen LogP) is 2.69. The summed E-state index contributed by atoms with van der Waals surface area (Å²) in [5.74, 6) is -1.35. The van der Waals surface area contributed by atoms with Crippen molar-refractivity contribution in [2.75, 3.05) is 26.2 Å². The zero-order chi connectivity index (χ0) is 17.0. The van der Waals surface area contributed by atoms with Gasteiger partial charge in [-0.2, -0.15) is 13.2 Å². The third kappa shape index (κ3) is 5.46. The molecule has 0 saturated carbocycles. The Labute approximate surface area is 138 Å². The molecule has 1 amide bonds. The summed E-state index contributed by atoms with van der Waals surface area (Å²) in [6, 6.07) is 0. The molecule has 0 unspecified atom stereocenters. The van der Waals surface area contributed by atoms with Gasteiger partial charge in [0.15, 0.2) is 0 Å². The number of nitrogens with zero attached hydrogens (tertiary/aromatic N) is 2. The Morgan fingerprint density at radius 2 is 2.00 bits per heavy atom. The average Bonchev–Trinajstić information content (AvgIpc) is 2.76. The molecule has 1 aromatic heterocycles. The molecule has 1 aliphatic heterocycles. The molecule has 1 fully saturated rings. The number of carbonyl (C=O) groups excluding carboxylic acids is 1. The summed E-state index contributed by atoms with van der Waals surface area (Å²) in [6.45, 7) is 5.25. The Kier molecular flexibility index (Phi) is 6.02. The number of carbonyl (C=O) groups is 1. The standard InChI is InChI=1S/C15H22F3N3OS/c1-10-13(23-11(2)20-10)3-6-19-14(22)9-21-7-4-12(5-8-21)15(16,17)18/h12H,3-9H2,1-2H3,(H,19,22). The minimum absolute atomic E-state index is 0.0795. The van der Waals surface area contributed by atoms with E-state index in [0.29, 0.717) is 19.6 Å². The largest absolute Gasteiger partial charge is 0.391 e. The van der Waals surface area contributed by atoms with Crippen LogP contribution in [0.2, 0.25) is 0 Å². The van der Waals surface area contributed by atoms with Crippen LogP contribution in [0.15, 0.2) is 0 Å². The van der Waals surface area contributed by atoms with Gasteiger partial charge in [0.05, 0.1) is 23.2 Å². The number of rotatable bonds is 5. The first-order valence-corrected chi connectivity index (χ1v) is 8.56. The number of hydrogen-bond donors (Lipinski definition) is 1. The normalized spacial score (nSPS) is 17.4. The van der Waals surface area contributed by atoms with E-state index in [9.17, 15) is 18.0 Å². The summed E-state index contributed by atoms with van der Waals surface area (Å²) in [5.41, 5.74) is 0.996. The second kappa shape index (κ2) is 7.61. The summed E-state index contributed by atoms with van der Waals surface area (Å²) < 4.78 is 37.8. The molecule has 1 saturated heterocycles. The average molecular weight is 349 g/mol. The van der Waals surface area contributed by atoms with E-state index in [1.165, 1.54) is 0 Å². The van der Waals surface area contributed by atoms with Gasteiger partial charge in [-0.25, -0.2) is 4.98 Å². The lowest BCUT2D eigenvalue weighted by molar-refractivity contribution is -0.185. The molecule has 0 radical (unpaired) electrons. The molecular weight excluding hydrogens is 327 g/mol. The van der Waals surface area contributed by atoms with Gasteiger partial charge < -0.3 is 5.32 Å². The van der Waals surface area contributed by atoms with Crippen LogP contribution in [0.25, 0.3) is 0 Å². The van der Waals surface area contributed by atoms with Gasteiger partial charge in [-0.05, 0) is 39.8 Å². The number of amides is 1. The molecule has 4 nitrogen and oxygen atoms in total. The molecule has 1 aromatic rings. The quantitative estimate of drug-likeness (QED) is 0.889. The molecule has 1 N–H and O–H groups in total. The Bertz CT molecular complexity index is 537. The maximum Gasteiger partial charge on any atom is 0.391 e. The van der Waals surface area contributed by atoms with Gasteiger partial charge in [0.25, 0.3) is 0 Å². The van der Waals surface area contributed by atoms with Crippen LogP contribution in [0.4, 0.5) is 13.2 Å². The fraction of sp³-hybridized carbons (Fsp3) is 0.733. The van der Waals surface area contributed by atoms with E-state index >= 15 is 0 Å². The Morgan fingerprint density at radius 3 is 2.52 bits per heavy atom. The Hall–Kier alpha value is -1.15. The van der Waals surface area contributed by atoms with Crippen LogP contribution in [0.1, 0.15) is 28.4 Å². The van der Waals surface area contributed by atoms with Crippen molar-refractivity contribution >= 4 is 17.2 Å². The molecule has 0 atom stereocenters. The summed E-state index contributed by atoms with van der Waals surface area (Å²) in [4.78, 5) is 19.2. The van der Waals surface area contributed by atoms with E-state index in [-0.39, 0.29) is 25.3 Å². The smallest absolute Gasteiger partial charge is 0.355 e. The van der Waals surface area contributed by atoms with Gasteiger partial charge in [0.2, 0.25) is 5.91 Å². The van der Waals surface area contributed by atoms with Gasteiger partial charge in [0.1, 0.15) is 0 Å². The maximum atomic E-state index is 12.6. The van der Waals surface area contributed by atoms with Crippen LogP contribution in [0.5, 0.6) is 0 Å². The number of hydrogen-bond acceptors (Lipinski definition) is 4. The first-order valence-electron chi connectivity index (χ1n) is 7.74. The lowest BCUT2D eigenvalue weighted by atomic mass is 9.96. The number of aryl methyl sites for hydroxylation is 2. The van der Waals surface area contributed by atoms with Crippen molar-refractivity contribution in [1.82, 2.24) is 15.2 Å². The maximum absolute atomic E-state index is 12.6. The van der Waals surface area contributed by atoms with Crippen LogP contribution in [0, 0.1) is 19.8 Å². The van der Waals surface area contributed by atoms with Crippen molar-refractivity contribution in [3.63, 3.8) is 0 Å². The molecular formula is C15H22F3N3OS. The minimum atomic E-state index is -4.11. The van der Waals surface area contributed by atoms with Crippen molar-refractivity contribution in [1.29, 1.82) is 0 Å². The van der Waals surface area contributed by atoms with E-state index in [0.717, 1.165) is 22.0 Å². The fourth-order valence-electron chi connectivity index (χ4n) is 2.80. The SMILES string of the molecule is Cc1nc(C)c(CCNC(=O)CN2CCC(C(F)(F)F)CC2)s1. The molecule has 0 bridgehead atoms. The van der Waals surface area contributed by atoms with Gasteiger partial charge in [-0.1, -0.05) is 0 Å².